The second kappa shape index (κ2) is 5.66. The molecule has 104 valence electrons. The summed E-state index contributed by atoms with van der Waals surface area (Å²) in [6, 6.07) is 9.06. The highest BCUT2D eigenvalue weighted by molar-refractivity contribution is 5.32. The van der Waals surface area contributed by atoms with Crippen LogP contribution >= 0.6 is 0 Å². The highest BCUT2D eigenvalue weighted by Crippen LogP contribution is 2.49. The fourth-order valence-corrected chi connectivity index (χ4v) is 3.80. The van der Waals surface area contributed by atoms with E-state index in [-0.39, 0.29) is 0 Å². The molecule has 0 spiro atoms. The van der Waals surface area contributed by atoms with Crippen molar-refractivity contribution in [1.82, 2.24) is 5.32 Å². The minimum Gasteiger partial charge on any atom is -0.316 e. The van der Waals surface area contributed by atoms with Crippen LogP contribution in [-0.2, 0) is 6.42 Å². The van der Waals surface area contributed by atoms with E-state index in [1.54, 1.807) is 11.1 Å². The molecule has 1 saturated carbocycles. The van der Waals surface area contributed by atoms with Crippen LogP contribution in [0.5, 0.6) is 0 Å². The Kier molecular flexibility index (Phi) is 3.93. The quantitative estimate of drug-likeness (QED) is 0.802. The topological polar surface area (TPSA) is 12.0 Å². The molecule has 19 heavy (non-hydrogen) atoms. The molecule has 3 rings (SSSR count). The third kappa shape index (κ3) is 3.02. The van der Waals surface area contributed by atoms with Crippen LogP contribution in [0, 0.1) is 5.41 Å². The molecule has 1 nitrogen and oxygen atoms in total. The molecule has 0 radical (unpaired) electrons. The van der Waals surface area contributed by atoms with Gasteiger partial charge in [0.15, 0.2) is 0 Å². The van der Waals surface area contributed by atoms with Crippen molar-refractivity contribution >= 4 is 0 Å². The fraction of sp³-hybridized carbons (Fsp3) is 0.667. The zero-order valence-corrected chi connectivity index (χ0v) is 12.3. The average molecular weight is 257 g/mol. The molecule has 0 aromatic heterocycles. The molecule has 0 saturated heterocycles. The van der Waals surface area contributed by atoms with Gasteiger partial charge in [0.05, 0.1) is 0 Å². The highest BCUT2D eigenvalue weighted by atomic mass is 14.9. The third-order valence-corrected chi connectivity index (χ3v) is 5.12. The lowest BCUT2D eigenvalue weighted by molar-refractivity contribution is 0.402. The van der Waals surface area contributed by atoms with Gasteiger partial charge >= 0.3 is 0 Å². The summed E-state index contributed by atoms with van der Waals surface area (Å²) in [5.41, 5.74) is 3.89. The second-order valence-corrected chi connectivity index (χ2v) is 6.67. The number of rotatable bonds is 6. The lowest BCUT2D eigenvalue weighted by atomic mass is 9.83. The van der Waals surface area contributed by atoms with Crippen LogP contribution in [0.25, 0.3) is 0 Å². The van der Waals surface area contributed by atoms with Gasteiger partial charge < -0.3 is 5.32 Å². The summed E-state index contributed by atoms with van der Waals surface area (Å²) >= 11 is 0. The summed E-state index contributed by atoms with van der Waals surface area (Å²) in [6.07, 6.45) is 9.68. The van der Waals surface area contributed by atoms with Crippen molar-refractivity contribution in [2.45, 2.75) is 57.8 Å². The molecule has 2 aliphatic rings. The molecular formula is C18H27N. The molecule has 1 unspecified atom stereocenters. The minimum absolute atomic E-state index is 0.683. The van der Waals surface area contributed by atoms with Crippen molar-refractivity contribution in [3.63, 3.8) is 0 Å². The molecule has 1 fully saturated rings. The molecule has 2 aliphatic carbocycles. The van der Waals surface area contributed by atoms with E-state index in [1.165, 1.54) is 58.0 Å². The lowest BCUT2D eigenvalue weighted by Crippen LogP contribution is -2.29. The summed E-state index contributed by atoms with van der Waals surface area (Å²) in [4.78, 5) is 0. The maximum atomic E-state index is 3.78. The van der Waals surface area contributed by atoms with Gasteiger partial charge in [0.2, 0.25) is 0 Å². The molecule has 1 N–H and O–H groups in total. The van der Waals surface area contributed by atoms with Crippen molar-refractivity contribution < 1.29 is 0 Å². The maximum absolute atomic E-state index is 3.78. The number of hydrogen-bond acceptors (Lipinski definition) is 1. The van der Waals surface area contributed by atoms with E-state index in [0.717, 1.165) is 5.92 Å². The molecule has 1 aromatic rings. The Balaban J connectivity index is 1.54. The molecule has 1 aromatic carbocycles. The van der Waals surface area contributed by atoms with Gasteiger partial charge in [-0.3, -0.25) is 0 Å². The van der Waals surface area contributed by atoms with Crippen LogP contribution in [0.1, 0.15) is 62.5 Å². The van der Waals surface area contributed by atoms with Crippen LogP contribution in [0.15, 0.2) is 24.3 Å². The normalized spacial score (nSPS) is 23.9. The zero-order chi connectivity index (χ0) is 13.1. The van der Waals surface area contributed by atoms with Crippen molar-refractivity contribution in [3.8, 4) is 0 Å². The highest BCUT2D eigenvalue weighted by Gasteiger charge is 2.40. The first-order valence-corrected chi connectivity index (χ1v) is 8.11. The first kappa shape index (κ1) is 13.2. The predicted octanol–water partition coefficient (Wildman–Crippen LogP) is 4.28. The van der Waals surface area contributed by atoms with Crippen molar-refractivity contribution in [2.75, 3.05) is 13.1 Å². The molecule has 1 atom stereocenters. The molecule has 0 bridgehead atoms. The van der Waals surface area contributed by atoms with Crippen LogP contribution in [0.3, 0.4) is 0 Å². The Morgan fingerprint density at radius 2 is 2.11 bits per heavy atom. The van der Waals surface area contributed by atoms with Gasteiger partial charge in [0, 0.05) is 13.1 Å². The van der Waals surface area contributed by atoms with E-state index >= 15 is 0 Å². The summed E-state index contributed by atoms with van der Waals surface area (Å²) in [5.74, 6) is 0.752. The first-order chi connectivity index (χ1) is 9.33. The van der Waals surface area contributed by atoms with E-state index < -0.39 is 0 Å². The SMILES string of the molecule is CCCC1(CNCC2CCCc3ccccc32)CC1. The van der Waals surface area contributed by atoms with Crippen molar-refractivity contribution in [3.05, 3.63) is 35.4 Å². The largest absolute Gasteiger partial charge is 0.316 e. The van der Waals surface area contributed by atoms with Crippen LogP contribution < -0.4 is 5.32 Å². The molecular weight excluding hydrogens is 230 g/mol. The minimum atomic E-state index is 0.683. The lowest BCUT2D eigenvalue weighted by Gasteiger charge is -2.26. The summed E-state index contributed by atoms with van der Waals surface area (Å²) < 4.78 is 0. The fourth-order valence-electron chi connectivity index (χ4n) is 3.80. The van der Waals surface area contributed by atoms with E-state index in [2.05, 4.69) is 36.5 Å². The molecule has 0 aliphatic heterocycles. The summed E-state index contributed by atoms with van der Waals surface area (Å²) in [5, 5.41) is 3.78. The van der Waals surface area contributed by atoms with Crippen LogP contribution in [-0.4, -0.2) is 13.1 Å². The average Bonchev–Trinajstić information content (AvgIpc) is 3.19. The monoisotopic (exact) mass is 257 g/mol. The standard InChI is InChI=1S/C18H27N/c1-2-10-18(11-12-18)14-19-13-16-8-5-7-15-6-3-4-9-17(15)16/h3-4,6,9,16,19H,2,5,7-8,10-14H2,1H3. The Morgan fingerprint density at radius 3 is 2.89 bits per heavy atom. The number of nitrogens with one attached hydrogen (secondary N) is 1. The maximum Gasteiger partial charge on any atom is 0.00204 e. The van der Waals surface area contributed by atoms with E-state index in [1.807, 2.05) is 0 Å². The van der Waals surface area contributed by atoms with Crippen molar-refractivity contribution in [2.24, 2.45) is 5.41 Å². The predicted molar refractivity (Wildman–Crippen MR) is 81.6 cm³/mol. The van der Waals surface area contributed by atoms with Gasteiger partial charge in [0.1, 0.15) is 0 Å². The number of benzene rings is 1. The van der Waals surface area contributed by atoms with Gasteiger partial charge in [0.25, 0.3) is 0 Å². The number of aryl methyl sites for hydroxylation is 1. The van der Waals surface area contributed by atoms with Crippen LogP contribution in [0.4, 0.5) is 0 Å². The van der Waals surface area contributed by atoms with Gasteiger partial charge in [-0.2, -0.15) is 0 Å². The van der Waals surface area contributed by atoms with Gasteiger partial charge in [-0.05, 0) is 61.0 Å². The smallest absolute Gasteiger partial charge is 0.00204 e. The summed E-state index contributed by atoms with van der Waals surface area (Å²) in [6.45, 7) is 4.75. The van der Waals surface area contributed by atoms with Crippen molar-refractivity contribution in [1.29, 1.82) is 0 Å². The Bertz CT molecular complexity index is 419. The van der Waals surface area contributed by atoms with E-state index in [0.29, 0.717) is 5.41 Å². The van der Waals surface area contributed by atoms with Crippen LogP contribution in [0.2, 0.25) is 0 Å². The second-order valence-electron chi connectivity index (χ2n) is 6.67. The Labute approximate surface area is 117 Å². The molecule has 0 heterocycles. The van der Waals surface area contributed by atoms with Gasteiger partial charge in [-0.1, -0.05) is 37.6 Å². The number of fused-ring (bicyclic) bond motifs is 1. The van der Waals surface area contributed by atoms with Gasteiger partial charge in [-0.25, -0.2) is 0 Å². The van der Waals surface area contributed by atoms with E-state index in [4.69, 9.17) is 0 Å². The van der Waals surface area contributed by atoms with E-state index in [9.17, 15) is 0 Å². The zero-order valence-electron chi connectivity index (χ0n) is 12.3. The Morgan fingerprint density at radius 1 is 1.26 bits per heavy atom. The Hall–Kier alpha value is -0.820. The molecule has 1 heteroatoms. The molecule has 0 amide bonds. The first-order valence-electron chi connectivity index (χ1n) is 8.11. The third-order valence-electron chi connectivity index (χ3n) is 5.12. The number of hydrogen-bond donors (Lipinski definition) is 1. The van der Waals surface area contributed by atoms with Gasteiger partial charge in [-0.15, -0.1) is 0 Å². The summed E-state index contributed by atoms with van der Waals surface area (Å²) in [7, 11) is 0.